The van der Waals surface area contributed by atoms with Gasteiger partial charge in [-0.1, -0.05) is 29.3 Å². The third kappa shape index (κ3) is 3.66. The number of hydrogen-bond donors (Lipinski definition) is 1. The molecule has 2 aromatic rings. The second-order valence-corrected chi connectivity index (χ2v) is 5.82. The first-order chi connectivity index (χ1) is 10.1. The van der Waals surface area contributed by atoms with Crippen LogP contribution in [0.1, 0.15) is 12.6 Å². The van der Waals surface area contributed by atoms with Crippen molar-refractivity contribution >= 4 is 44.9 Å². The molecule has 0 aliphatic carbocycles. The molecule has 2 rings (SSSR count). The van der Waals surface area contributed by atoms with E-state index in [1.54, 1.807) is 25.3 Å². The highest BCUT2D eigenvalue weighted by Gasteiger charge is 2.17. The van der Waals surface area contributed by atoms with Crippen LogP contribution in [0.5, 0.6) is 0 Å². The number of nitrogens with zero attached hydrogens (tertiary/aromatic N) is 2. The van der Waals surface area contributed by atoms with Gasteiger partial charge in [0.25, 0.3) is 0 Å². The minimum atomic E-state index is 0.358. The van der Waals surface area contributed by atoms with Crippen LogP contribution >= 0.6 is 39.1 Å². The molecular weight excluding hydrogens is 377 g/mol. The number of nitrogens with one attached hydrogen (secondary N) is 1. The first-order valence-corrected chi connectivity index (χ1v) is 7.87. The van der Waals surface area contributed by atoms with Crippen molar-refractivity contribution in [1.82, 2.24) is 9.97 Å². The van der Waals surface area contributed by atoms with Crippen molar-refractivity contribution in [3.05, 3.63) is 38.4 Å². The van der Waals surface area contributed by atoms with E-state index in [9.17, 15) is 0 Å². The molecule has 0 radical (unpaired) electrons. The first kappa shape index (κ1) is 16.5. The molecule has 0 amide bonds. The van der Waals surface area contributed by atoms with Gasteiger partial charge in [0.1, 0.15) is 5.82 Å². The minimum absolute atomic E-state index is 0.358. The van der Waals surface area contributed by atoms with Gasteiger partial charge in [-0.15, -0.1) is 0 Å². The normalized spacial score (nSPS) is 10.7. The molecule has 0 atom stereocenters. The van der Waals surface area contributed by atoms with Crippen molar-refractivity contribution in [3.8, 4) is 11.4 Å². The molecule has 1 aromatic heterocycles. The van der Waals surface area contributed by atoms with E-state index in [1.807, 2.05) is 6.92 Å². The molecular formula is C14H14BrCl2N3O. The summed E-state index contributed by atoms with van der Waals surface area (Å²) in [6, 6.07) is 5.31. The van der Waals surface area contributed by atoms with E-state index in [2.05, 4.69) is 31.2 Å². The molecule has 0 saturated carbocycles. The van der Waals surface area contributed by atoms with Crippen LogP contribution in [0.2, 0.25) is 10.0 Å². The van der Waals surface area contributed by atoms with Crippen molar-refractivity contribution in [2.24, 2.45) is 0 Å². The second-order valence-electron chi connectivity index (χ2n) is 4.22. The Morgan fingerprint density at radius 3 is 2.48 bits per heavy atom. The Morgan fingerprint density at radius 1 is 1.24 bits per heavy atom. The van der Waals surface area contributed by atoms with E-state index in [1.165, 1.54) is 0 Å². The lowest BCUT2D eigenvalue weighted by Crippen LogP contribution is -2.07. The zero-order valence-corrected chi connectivity index (χ0v) is 14.7. The van der Waals surface area contributed by atoms with Crippen molar-refractivity contribution in [1.29, 1.82) is 0 Å². The molecule has 0 unspecified atom stereocenters. The Labute approximate surface area is 142 Å². The summed E-state index contributed by atoms with van der Waals surface area (Å²) in [6.07, 6.45) is 0. The monoisotopic (exact) mass is 389 g/mol. The molecule has 1 aromatic carbocycles. The molecule has 0 fully saturated rings. The Balaban J connectivity index is 2.63. The minimum Gasteiger partial charge on any atom is -0.378 e. The average Bonchev–Trinajstić information content (AvgIpc) is 2.44. The Kier molecular flexibility index (Phi) is 5.81. The van der Waals surface area contributed by atoms with Crippen LogP contribution in [0.3, 0.4) is 0 Å². The summed E-state index contributed by atoms with van der Waals surface area (Å²) in [7, 11) is 1.61. The van der Waals surface area contributed by atoms with Crippen molar-refractivity contribution in [2.45, 2.75) is 13.5 Å². The van der Waals surface area contributed by atoms with Gasteiger partial charge in [0.05, 0.1) is 32.4 Å². The van der Waals surface area contributed by atoms with Crippen LogP contribution in [-0.2, 0) is 11.3 Å². The fraction of sp³-hybridized carbons (Fsp3) is 0.286. The highest BCUT2D eigenvalue weighted by Crippen LogP contribution is 2.35. The third-order valence-corrected chi connectivity index (χ3v) is 4.19. The van der Waals surface area contributed by atoms with E-state index in [-0.39, 0.29) is 0 Å². The first-order valence-electron chi connectivity index (χ1n) is 6.32. The number of ether oxygens (including phenoxy) is 1. The quantitative estimate of drug-likeness (QED) is 0.797. The molecule has 7 heteroatoms. The fourth-order valence-electron chi connectivity index (χ4n) is 1.83. The molecule has 21 heavy (non-hydrogen) atoms. The van der Waals surface area contributed by atoms with Gasteiger partial charge < -0.3 is 10.1 Å². The number of hydrogen-bond acceptors (Lipinski definition) is 4. The summed E-state index contributed by atoms with van der Waals surface area (Å²) in [5.74, 6) is 1.15. The SMILES string of the molecule is CCNc1nc(-c2c(Cl)cccc2Cl)nc(COC)c1Br. The van der Waals surface area contributed by atoms with Gasteiger partial charge in [-0.25, -0.2) is 9.97 Å². The molecule has 1 heterocycles. The fourth-order valence-corrected chi connectivity index (χ4v) is 2.83. The number of aromatic nitrogens is 2. The second kappa shape index (κ2) is 7.40. The lowest BCUT2D eigenvalue weighted by Gasteiger charge is -2.13. The lowest BCUT2D eigenvalue weighted by molar-refractivity contribution is 0.181. The predicted octanol–water partition coefficient (Wildman–Crippen LogP) is 4.79. The maximum Gasteiger partial charge on any atom is 0.164 e. The molecule has 0 aliphatic rings. The van der Waals surface area contributed by atoms with Gasteiger partial charge in [0.15, 0.2) is 5.82 Å². The van der Waals surface area contributed by atoms with Gasteiger partial charge in [0, 0.05) is 13.7 Å². The largest absolute Gasteiger partial charge is 0.378 e. The van der Waals surface area contributed by atoms with E-state index < -0.39 is 0 Å². The third-order valence-electron chi connectivity index (χ3n) is 2.73. The molecule has 4 nitrogen and oxygen atoms in total. The zero-order chi connectivity index (χ0) is 15.4. The van der Waals surface area contributed by atoms with Crippen LogP contribution in [-0.4, -0.2) is 23.6 Å². The van der Waals surface area contributed by atoms with Gasteiger partial charge in [-0.2, -0.15) is 0 Å². The highest BCUT2D eigenvalue weighted by atomic mass is 79.9. The van der Waals surface area contributed by atoms with Gasteiger partial charge in [0.2, 0.25) is 0 Å². The van der Waals surface area contributed by atoms with E-state index >= 15 is 0 Å². The zero-order valence-electron chi connectivity index (χ0n) is 11.6. The Hall–Kier alpha value is -0.880. The highest BCUT2D eigenvalue weighted by molar-refractivity contribution is 9.10. The molecule has 1 N–H and O–H groups in total. The standard InChI is InChI=1S/C14H14BrCl2N3O/c1-3-18-14-12(15)10(7-21-2)19-13(20-14)11-8(16)5-4-6-9(11)17/h4-6H,3,7H2,1-2H3,(H,18,19,20). The molecule has 0 bridgehead atoms. The maximum atomic E-state index is 6.23. The van der Waals surface area contributed by atoms with Gasteiger partial charge >= 0.3 is 0 Å². The number of anilines is 1. The topological polar surface area (TPSA) is 47.0 Å². The van der Waals surface area contributed by atoms with Crippen LogP contribution in [0.15, 0.2) is 22.7 Å². The summed E-state index contributed by atoms with van der Waals surface area (Å²) in [5.41, 5.74) is 1.35. The lowest BCUT2D eigenvalue weighted by atomic mass is 10.2. The van der Waals surface area contributed by atoms with Crippen molar-refractivity contribution in [2.75, 3.05) is 19.0 Å². The summed E-state index contributed by atoms with van der Waals surface area (Å²) >= 11 is 16.0. The predicted molar refractivity (Wildman–Crippen MR) is 90.1 cm³/mol. The molecule has 0 saturated heterocycles. The van der Waals surface area contributed by atoms with Crippen molar-refractivity contribution in [3.63, 3.8) is 0 Å². The smallest absolute Gasteiger partial charge is 0.164 e. The van der Waals surface area contributed by atoms with E-state index in [0.717, 1.165) is 16.7 Å². The summed E-state index contributed by atoms with van der Waals surface area (Å²) in [4.78, 5) is 9.01. The van der Waals surface area contributed by atoms with Crippen LogP contribution in [0.25, 0.3) is 11.4 Å². The Bertz CT molecular complexity index is 605. The van der Waals surface area contributed by atoms with E-state index in [4.69, 9.17) is 27.9 Å². The van der Waals surface area contributed by atoms with E-state index in [0.29, 0.717) is 33.9 Å². The molecule has 0 aliphatic heterocycles. The number of rotatable bonds is 5. The summed E-state index contributed by atoms with van der Waals surface area (Å²) < 4.78 is 5.96. The molecule has 0 spiro atoms. The van der Waals surface area contributed by atoms with Crippen molar-refractivity contribution < 1.29 is 4.74 Å². The van der Waals surface area contributed by atoms with Crippen LogP contribution in [0.4, 0.5) is 5.82 Å². The van der Waals surface area contributed by atoms with Gasteiger partial charge in [-0.05, 0) is 35.0 Å². The summed E-state index contributed by atoms with van der Waals surface area (Å²) in [6.45, 7) is 3.08. The Morgan fingerprint density at radius 2 is 1.90 bits per heavy atom. The number of halogens is 3. The molecule has 112 valence electrons. The number of methoxy groups -OCH3 is 1. The average molecular weight is 391 g/mol. The number of benzene rings is 1. The van der Waals surface area contributed by atoms with Gasteiger partial charge in [-0.3, -0.25) is 0 Å². The summed E-state index contributed by atoms with van der Waals surface area (Å²) in [5, 5.41) is 4.20. The van der Waals surface area contributed by atoms with Crippen LogP contribution < -0.4 is 5.32 Å². The van der Waals surface area contributed by atoms with Crippen LogP contribution in [0, 0.1) is 0 Å². The maximum absolute atomic E-state index is 6.23.